The van der Waals surface area contributed by atoms with E-state index in [4.69, 9.17) is 9.84 Å². The van der Waals surface area contributed by atoms with E-state index in [9.17, 15) is 24.5 Å². The van der Waals surface area contributed by atoms with Crippen LogP contribution in [0.3, 0.4) is 0 Å². The van der Waals surface area contributed by atoms with E-state index in [1.54, 1.807) is 0 Å². The zero-order chi connectivity index (χ0) is 21.5. The van der Waals surface area contributed by atoms with Crippen LogP contribution < -0.4 is 4.74 Å². The van der Waals surface area contributed by atoms with Crippen LogP contribution in [0.4, 0.5) is 4.39 Å². The number of ether oxygens (including phenoxy) is 2. The van der Waals surface area contributed by atoms with Crippen molar-refractivity contribution in [3.8, 4) is 17.6 Å². The Morgan fingerprint density at radius 2 is 1.72 bits per heavy atom. The van der Waals surface area contributed by atoms with Crippen molar-refractivity contribution in [1.82, 2.24) is 0 Å². The van der Waals surface area contributed by atoms with Crippen LogP contribution in [0.2, 0.25) is 0 Å². The van der Waals surface area contributed by atoms with Crippen LogP contribution in [0.1, 0.15) is 0 Å². The van der Waals surface area contributed by atoms with Gasteiger partial charge in [-0.1, -0.05) is 30.1 Å². The molecule has 0 bridgehead atoms. The summed E-state index contributed by atoms with van der Waals surface area (Å²) < 4.78 is 22.7. The number of carbonyl (C=O) groups is 1. The van der Waals surface area contributed by atoms with E-state index in [1.165, 1.54) is 60.7 Å². The van der Waals surface area contributed by atoms with Gasteiger partial charge in [0.1, 0.15) is 43.1 Å². The van der Waals surface area contributed by atoms with E-state index in [-0.39, 0.29) is 19.0 Å². The zero-order valence-corrected chi connectivity index (χ0v) is 15.5. The Labute approximate surface area is 168 Å². The summed E-state index contributed by atoms with van der Waals surface area (Å²) in [6.07, 6.45) is 5.35. The quantitative estimate of drug-likeness (QED) is 0.321. The third-order valence-electron chi connectivity index (χ3n) is 3.23. The molecular weight excluding hydrogens is 383 g/mol. The molecular formula is C21H23FO7. The number of allylic oxidation sites excluding steroid dienone is 4. The van der Waals surface area contributed by atoms with Crippen molar-refractivity contribution < 1.29 is 39.1 Å². The topological polar surface area (TPSA) is 116 Å². The van der Waals surface area contributed by atoms with Gasteiger partial charge in [-0.05, 0) is 42.5 Å². The van der Waals surface area contributed by atoms with E-state index in [1.807, 2.05) is 0 Å². The van der Waals surface area contributed by atoms with E-state index in [0.717, 1.165) is 0 Å². The molecule has 1 aromatic carbocycles. The van der Waals surface area contributed by atoms with Gasteiger partial charge in [0.05, 0.1) is 6.61 Å². The molecule has 0 heterocycles. The van der Waals surface area contributed by atoms with Gasteiger partial charge >= 0.3 is 5.97 Å². The average molecular weight is 406 g/mol. The zero-order valence-electron chi connectivity index (χ0n) is 15.5. The van der Waals surface area contributed by atoms with Crippen molar-refractivity contribution in [2.75, 3.05) is 19.8 Å². The van der Waals surface area contributed by atoms with E-state index in [2.05, 4.69) is 16.6 Å². The lowest BCUT2D eigenvalue weighted by molar-refractivity contribution is -0.143. The van der Waals surface area contributed by atoms with E-state index < -0.39 is 30.9 Å². The summed E-state index contributed by atoms with van der Waals surface area (Å²) in [5, 5.41) is 37.3. The Morgan fingerprint density at radius 3 is 2.41 bits per heavy atom. The summed E-state index contributed by atoms with van der Waals surface area (Å²) >= 11 is 0. The normalized spacial score (nSPS) is 14.6. The smallest absolute Gasteiger partial charge is 0.329 e. The summed E-state index contributed by atoms with van der Waals surface area (Å²) in [5.74, 6) is 4.26. The van der Waals surface area contributed by atoms with Crippen LogP contribution in [0.5, 0.6) is 5.75 Å². The molecule has 0 aliphatic heterocycles. The van der Waals surface area contributed by atoms with Gasteiger partial charge in [-0.15, -0.1) is 0 Å². The highest BCUT2D eigenvalue weighted by Gasteiger charge is 2.13. The first-order chi connectivity index (χ1) is 13.9. The Balaban J connectivity index is 2.27. The Morgan fingerprint density at radius 1 is 1.03 bits per heavy atom. The summed E-state index contributed by atoms with van der Waals surface area (Å²) in [5.41, 5.74) is 0. The predicted molar refractivity (Wildman–Crippen MR) is 104 cm³/mol. The number of carboxylic acid groups (broad SMARTS) is 1. The SMILES string of the molecule is O=C(O)COC[C@@H](O)[C@@H](O)/C=C/C=C/C#C/C=C/[C@@H](O)COc1ccc(F)cc1. The van der Waals surface area contributed by atoms with Crippen molar-refractivity contribution in [3.63, 3.8) is 0 Å². The van der Waals surface area contributed by atoms with Gasteiger partial charge in [-0.25, -0.2) is 9.18 Å². The van der Waals surface area contributed by atoms with Gasteiger partial charge in [0.25, 0.3) is 0 Å². The van der Waals surface area contributed by atoms with Crippen LogP contribution in [0.15, 0.2) is 60.7 Å². The molecule has 29 heavy (non-hydrogen) atoms. The number of rotatable bonds is 11. The van der Waals surface area contributed by atoms with Crippen molar-refractivity contribution in [3.05, 3.63) is 66.5 Å². The van der Waals surface area contributed by atoms with Crippen molar-refractivity contribution in [2.24, 2.45) is 0 Å². The van der Waals surface area contributed by atoms with Crippen molar-refractivity contribution in [1.29, 1.82) is 0 Å². The van der Waals surface area contributed by atoms with Crippen molar-refractivity contribution in [2.45, 2.75) is 18.3 Å². The van der Waals surface area contributed by atoms with Crippen LogP contribution in [0, 0.1) is 17.7 Å². The third kappa shape index (κ3) is 12.2. The maximum absolute atomic E-state index is 12.8. The molecule has 1 rings (SSSR count). The highest BCUT2D eigenvalue weighted by molar-refractivity contribution is 5.67. The standard InChI is InChI=1S/C21H23FO7/c22-16-9-11-18(12-10-16)29-13-17(23)7-5-3-1-2-4-6-8-19(24)20(25)14-28-15-21(26)27/h2,4-12,17,19-20,23-25H,13-15H2,(H,26,27)/b4-2+,7-5+,8-6+/t17-,19+,20-/m1/s1. The number of hydrogen-bond acceptors (Lipinski definition) is 6. The first-order valence-corrected chi connectivity index (χ1v) is 8.61. The molecule has 156 valence electrons. The molecule has 0 aliphatic carbocycles. The molecule has 0 amide bonds. The number of aliphatic hydroxyl groups excluding tert-OH is 3. The van der Waals surface area contributed by atoms with Gasteiger partial charge in [-0.3, -0.25) is 0 Å². The largest absolute Gasteiger partial charge is 0.491 e. The molecule has 7 nitrogen and oxygen atoms in total. The number of aliphatic hydroxyl groups is 3. The second kappa shape index (κ2) is 14.1. The highest BCUT2D eigenvalue weighted by Crippen LogP contribution is 2.11. The Hall–Kier alpha value is -2.96. The molecule has 0 unspecified atom stereocenters. The van der Waals surface area contributed by atoms with Gasteiger partial charge in [0.15, 0.2) is 0 Å². The highest BCUT2D eigenvalue weighted by atomic mass is 19.1. The van der Waals surface area contributed by atoms with Crippen LogP contribution in [0.25, 0.3) is 0 Å². The van der Waals surface area contributed by atoms with E-state index in [0.29, 0.717) is 5.75 Å². The number of carboxylic acids is 1. The molecule has 4 N–H and O–H groups in total. The fraction of sp³-hybridized carbons (Fsp3) is 0.286. The predicted octanol–water partition coefficient (Wildman–Crippen LogP) is 1.06. The van der Waals surface area contributed by atoms with Gasteiger partial charge in [-0.2, -0.15) is 0 Å². The Bertz CT molecular complexity index is 759. The maximum atomic E-state index is 12.8. The molecule has 3 atom stereocenters. The summed E-state index contributed by atoms with van der Waals surface area (Å²) in [7, 11) is 0. The van der Waals surface area contributed by atoms with Gasteiger partial charge in [0, 0.05) is 0 Å². The minimum absolute atomic E-state index is 0.00121. The molecule has 1 aromatic rings. The fourth-order valence-corrected chi connectivity index (χ4v) is 1.80. The molecule has 0 radical (unpaired) electrons. The second-order valence-corrected chi connectivity index (χ2v) is 5.69. The number of aliphatic carboxylic acids is 1. The fourth-order valence-electron chi connectivity index (χ4n) is 1.80. The van der Waals surface area contributed by atoms with Gasteiger partial charge < -0.3 is 29.9 Å². The molecule has 0 saturated heterocycles. The monoisotopic (exact) mass is 406 g/mol. The average Bonchev–Trinajstić information content (AvgIpc) is 2.69. The lowest BCUT2D eigenvalue weighted by atomic mass is 10.2. The van der Waals surface area contributed by atoms with Gasteiger partial charge in [0.2, 0.25) is 0 Å². The summed E-state index contributed by atoms with van der Waals surface area (Å²) in [4.78, 5) is 10.3. The second-order valence-electron chi connectivity index (χ2n) is 5.69. The third-order valence-corrected chi connectivity index (χ3v) is 3.23. The maximum Gasteiger partial charge on any atom is 0.329 e. The summed E-state index contributed by atoms with van der Waals surface area (Å²) in [6.45, 7) is -0.859. The lowest BCUT2D eigenvalue weighted by Gasteiger charge is -2.13. The summed E-state index contributed by atoms with van der Waals surface area (Å²) in [6, 6.07) is 5.44. The molecule has 0 aliphatic rings. The number of halogens is 1. The van der Waals surface area contributed by atoms with Crippen LogP contribution in [-0.2, 0) is 9.53 Å². The molecule has 0 spiro atoms. The molecule has 0 saturated carbocycles. The first kappa shape index (κ1) is 24.1. The minimum Gasteiger partial charge on any atom is -0.491 e. The molecule has 8 heteroatoms. The molecule has 0 fully saturated rings. The van der Waals surface area contributed by atoms with Crippen LogP contribution >= 0.6 is 0 Å². The lowest BCUT2D eigenvalue weighted by Crippen LogP contribution is -2.29. The first-order valence-electron chi connectivity index (χ1n) is 8.61. The van der Waals surface area contributed by atoms with E-state index >= 15 is 0 Å². The molecule has 0 aromatic heterocycles. The number of hydrogen-bond donors (Lipinski definition) is 4. The van der Waals surface area contributed by atoms with Crippen LogP contribution in [-0.4, -0.2) is 64.5 Å². The van der Waals surface area contributed by atoms with Crippen molar-refractivity contribution >= 4 is 5.97 Å². The number of benzene rings is 1. The minimum atomic E-state index is -1.24. The Kier molecular flexibility index (Phi) is 11.7.